The molecule has 32 heavy (non-hydrogen) atoms. The first-order valence-corrected chi connectivity index (χ1v) is 12.2. The Bertz CT molecular complexity index is 1260. The van der Waals surface area contributed by atoms with Crippen LogP contribution in [0.4, 0.5) is 0 Å². The van der Waals surface area contributed by atoms with Gasteiger partial charge in [-0.2, -0.15) is 0 Å². The molecular weight excluding hydrogens is 424 g/mol. The summed E-state index contributed by atoms with van der Waals surface area (Å²) in [5.74, 6) is -0.155. The average molecular weight is 453 g/mol. The zero-order chi connectivity index (χ0) is 22.9. The number of methoxy groups -OCH3 is 1. The minimum atomic E-state index is -3.81. The monoisotopic (exact) mass is 452 g/mol. The maximum atomic E-state index is 13.8. The van der Waals surface area contributed by atoms with Crippen LogP contribution in [0, 0.1) is 5.92 Å². The second-order valence-electron chi connectivity index (χ2n) is 8.22. The molecule has 0 unspecified atom stereocenters. The van der Waals surface area contributed by atoms with Crippen LogP contribution < -0.4 is 0 Å². The predicted octanol–water partition coefficient (Wildman–Crippen LogP) is 4.38. The van der Waals surface area contributed by atoms with E-state index in [0.717, 1.165) is 23.9 Å². The second kappa shape index (κ2) is 8.92. The molecule has 1 fully saturated rings. The minimum Gasteiger partial charge on any atom is -0.466 e. The molecule has 1 aromatic heterocycles. The van der Waals surface area contributed by atoms with Crippen LogP contribution in [0.25, 0.3) is 10.9 Å². The molecule has 7 heteroatoms. The van der Waals surface area contributed by atoms with Gasteiger partial charge in [0.25, 0.3) is 10.0 Å². The lowest BCUT2D eigenvalue weighted by Crippen LogP contribution is -2.38. The van der Waals surface area contributed by atoms with E-state index >= 15 is 0 Å². The van der Waals surface area contributed by atoms with Crippen molar-refractivity contribution in [3.63, 3.8) is 0 Å². The van der Waals surface area contributed by atoms with E-state index in [-0.39, 0.29) is 22.8 Å². The van der Waals surface area contributed by atoms with E-state index in [1.54, 1.807) is 36.4 Å². The van der Waals surface area contributed by atoms with Gasteiger partial charge >= 0.3 is 5.97 Å². The Labute approximate surface area is 189 Å². The standard InChI is InChI=1S/C25H28N2O4S/c1-4-18-17-26(2)23(15-20(18)16-25(28)31-3)24-14-19-10-8-9-13-22(19)27(24)32(29,30)21-11-6-5-7-12-21/h5-14,16,18,23H,4,15,17H2,1-3H3/b20-16+/t18-,23+/m1/s1. The van der Waals surface area contributed by atoms with Gasteiger partial charge in [-0.3, -0.25) is 4.90 Å². The Kier molecular flexibility index (Phi) is 6.22. The average Bonchev–Trinajstić information content (AvgIpc) is 3.20. The number of hydrogen-bond donors (Lipinski definition) is 0. The Morgan fingerprint density at radius 1 is 1.12 bits per heavy atom. The van der Waals surface area contributed by atoms with Crippen molar-refractivity contribution in [3.05, 3.63) is 78.0 Å². The maximum absolute atomic E-state index is 13.8. The Morgan fingerprint density at radius 3 is 2.50 bits per heavy atom. The van der Waals surface area contributed by atoms with Gasteiger partial charge in [-0.15, -0.1) is 0 Å². The summed E-state index contributed by atoms with van der Waals surface area (Å²) in [5, 5.41) is 0.867. The number of likely N-dealkylation sites (tertiary alicyclic amines) is 1. The molecule has 0 spiro atoms. The predicted molar refractivity (Wildman–Crippen MR) is 125 cm³/mol. The third-order valence-corrected chi connectivity index (χ3v) is 8.06. The molecule has 2 atom stereocenters. The second-order valence-corrected chi connectivity index (χ2v) is 10.0. The normalized spacial score (nSPS) is 21.2. The molecule has 6 nitrogen and oxygen atoms in total. The van der Waals surface area contributed by atoms with E-state index in [1.165, 1.54) is 11.1 Å². The van der Waals surface area contributed by atoms with E-state index in [4.69, 9.17) is 4.74 Å². The molecule has 1 aliphatic heterocycles. The number of esters is 1. The molecule has 1 saturated heterocycles. The Balaban J connectivity index is 1.89. The molecule has 0 saturated carbocycles. The number of piperidine rings is 1. The molecule has 2 aromatic carbocycles. The number of fused-ring (bicyclic) bond motifs is 1. The summed E-state index contributed by atoms with van der Waals surface area (Å²) in [6.45, 7) is 2.83. The quantitative estimate of drug-likeness (QED) is 0.424. The summed E-state index contributed by atoms with van der Waals surface area (Å²) in [6.07, 6.45) is 3.03. The van der Waals surface area contributed by atoms with E-state index in [9.17, 15) is 13.2 Å². The fourth-order valence-electron chi connectivity index (χ4n) is 4.60. The third-order valence-electron chi connectivity index (χ3n) is 6.31. The van der Waals surface area contributed by atoms with Crippen molar-refractivity contribution in [3.8, 4) is 0 Å². The summed E-state index contributed by atoms with van der Waals surface area (Å²) in [4.78, 5) is 14.4. The fraction of sp³-hybridized carbons (Fsp3) is 0.320. The highest BCUT2D eigenvalue weighted by Crippen LogP contribution is 2.40. The summed E-state index contributed by atoms with van der Waals surface area (Å²) in [5.41, 5.74) is 2.34. The van der Waals surface area contributed by atoms with Gasteiger partial charge in [0.1, 0.15) is 0 Å². The number of carbonyl (C=O) groups is 1. The first kappa shape index (κ1) is 22.3. The zero-order valence-corrected chi connectivity index (χ0v) is 19.4. The maximum Gasteiger partial charge on any atom is 0.330 e. The number of benzene rings is 2. The van der Waals surface area contributed by atoms with Crippen molar-refractivity contribution in [2.45, 2.75) is 30.7 Å². The minimum absolute atomic E-state index is 0.195. The number of hydrogen-bond acceptors (Lipinski definition) is 5. The molecule has 0 radical (unpaired) electrons. The molecule has 0 amide bonds. The number of nitrogens with zero attached hydrogens (tertiary/aromatic N) is 2. The van der Waals surface area contributed by atoms with Crippen LogP contribution >= 0.6 is 0 Å². The lowest BCUT2D eigenvalue weighted by molar-refractivity contribution is -0.135. The van der Waals surface area contributed by atoms with Crippen LogP contribution in [-0.4, -0.2) is 44.0 Å². The van der Waals surface area contributed by atoms with Gasteiger partial charge < -0.3 is 4.74 Å². The van der Waals surface area contributed by atoms with Gasteiger partial charge in [0.2, 0.25) is 0 Å². The van der Waals surface area contributed by atoms with Gasteiger partial charge in [0, 0.05) is 18.0 Å². The van der Waals surface area contributed by atoms with Crippen molar-refractivity contribution in [1.29, 1.82) is 0 Å². The summed E-state index contributed by atoms with van der Waals surface area (Å²) in [6, 6.07) is 17.8. The molecular formula is C25H28N2O4S. The number of para-hydroxylation sites is 1. The first-order valence-electron chi connectivity index (χ1n) is 10.8. The van der Waals surface area contributed by atoms with Crippen molar-refractivity contribution >= 4 is 26.9 Å². The third kappa shape index (κ3) is 3.98. The smallest absolute Gasteiger partial charge is 0.330 e. The molecule has 0 aliphatic carbocycles. The van der Waals surface area contributed by atoms with Gasteiger partial charge in [-0.25, -0.2) is 17.2 Å². The Morgan fingerprint density at radius 2 is 1.81 bits per heavy atom. The highest BCUT2D eigenvalue weighted by atomic mass is 32.2. The summed E-state index contributed by atoms with van der Waals surface area (Å²) >= 11 is 0. The van der Waals surface area contributed by atoms with E-state index in [2.05, 4.69) is 11.8 Å². The molecule has 0 bridgehead atoms. The topological polar surface area (TPSA) is 68.6 Å². The van der Waals surface area contributed by atoms with E-state index < -0.39 is 10.0 Å². The molecule has 2 heterocycles. The molecule has 168 valence electrons. The highest BCUT2D eigenvalue weighted by molar-refractivity contribution is 7.90. The first-order chi connectivity index (χ1) is 15.4. The summed E-state index contributed by atoms with van der Waals surface area (Å²) < 4.78 is 33.9. The number of carbonyl (C=O) groups excluding carboxylic acids is 1. The van der Waals surface area contributed by atoms with E-state index in [1.807, 2.05) is 37.4 Å². The van der Waals surface area contributed by atoms with E-state index in [0.29, 0.717) is 17.6 Å². The largest absolute Gasteiger partial charge is 0.466 e. The van der Waals surface area contributed by atoms with Crippen LogP contribution in [0.15, 0.2) is 77.2 Å². The zero-order valence-electron chi connectivity index (χ0n) is 18.6. The van der Waals surface area contributed by atoms with Crippen LogP contribution in [0.3, 0.4) is 0 Å². The van der Waals surface area contributed by atoms with Crippen LogP contribution in [0.2, 0.25) is 0 Å². The van der Waals surface area contributed by atoms with Crippen LogP contribution in [0.5, 0.6) is 0 Å². The molecule has 1 aliphatic rings. The SMILES string of the molecule is CC[C@@H]1CN(C)[C@H](c2cc3ccccc3n2S(=O)(=O)c2ccccc2)C/C1=C\C(=O)OC. The fourth-order valence-corrected chi connectivity index (χ4v) is 6.18. The molecule has 0 N–H and O–H groups in total. The molecule has 3 aromatic rings. The Hall–Kier alpha value is -2.90. The van der Waals surface area contributed by atoms with Crippen molar-refractivity contribution in [2.24, 2.45) is 5.92 Å². The number of rotatable bonds is 5. The lowest BCUT2D eigenvalue weighted by atomic mass is 9.84. The van der Waals surface area contributed by atoms with Gasteiger partial charge in [-0.1, -0.05) is 48.9 Å². The number of ether oxygens (including phenoxy) is 1. The van der Waals surface area contributed by atoms with Crippen molar-refractivity contribution < 1.29 is 17.9 Å². The van der Waals surface area contributed by atoms with Crippen LogP contribution in [-0.2, 0) is 19.6 Å². The summed E-state index contributed by atoms with van der Waals surface area (Å²) in [7, 11) is -0.426. The van der Waals surface area contributed by atoms with Gasteiger partial charge in [0.15, 0.2) is 0 Å². The lowest BCUT2D eigenvalue weighted by Gasteiger charge is -2.39. The van der Waals surface area contributed by atoms with Gasteiger partial charge in [-0.05, 0) is 50.1 Å². The van der Waals surface area contributed by atoms with Crippen molar-refractivity contribution in [1.82, 2.24) is 8.87 Å². The highest BCUT2D eigenvalue weighted by Gasteiger charge is 2.35. The number of aromatic nitrogens is 1. The molecule has 4 rings (SSSR count). The van der Waals surface area contributed by atoms with Crippen molar-refractivity contribution in [2.75, 3.05) is 20.7 Å². The van der Waals surface area contributed by atoms with Gasteiger partial charge in [0.05, 0.1) is 29.3 Å². The van der Waals surface area contributed by atoms with Crippen LogP contribution in [0.1, 0.15) is 31.5 Å².